The van der Waals surface area contributed by atoms with Crippen molar-refractivity contribution in [3.05, 3.63) is 81.2 Å². The van der Waals surface area contributed by atoms with E-state index in [1.165, 1.54) is 33.7 Å². The van der Waals surface area contributed by atoms with E-state index in [9.17, 15) is 9.59 Å². The van der Waals surface area contributed by atoms with Gasteiger partial charge in [0.05, 0.1) is 18.5 Å². The van der Waals surface area contributed by atoms with E-state index in [0.717, 1.165) is 9.90 Å². The summed E-state index contributed by atoms with van der Waals surface area (Å²) in [5.41, 5.74) is 1.68. The molecule has 1 N–H and O–H groups in total. The topological polar surface area (TPSA) is 85.6 Å². The van der Waals surface area contributed by atoms with Gasteiger partial charge in [-0.05, 0) is 37.3 Å². The first-order valence-corrected chi connectivity index (χ1v) is 10.9. The Morgan fingerprint density at radius 3 is 2.87 bits per heavy atom. The van der Waals surface area contributed by atoms with Crippen molar-refractivity contribution in [2.45, 2.75) is 17.6 Å². The molecule has 152 valence electrons. The molecule has 0 radical (unpaired) electrons. The normalized spacial score (nSPS) is 10.9. The van der Waals surface area contributed by atoms with Crippen molar-refractivity contribution >= 4 is 39.7 Å². The number of ether oxygens (including phenoxy) is 1. The Morgan fingerprint density at radius 1 is 1.20 bits per heavy atom. The number of rotatable bonds is 6. The zero-order valence-electron chi connectivity index (χ0n) is 16.3. The summed E-state index contributed by atoms with van der Waals surface area (Å²) < 4.78 is 6.50. The Hall–Kier alpha value is -3.17. The number of nitrogens with one attached hydrogen (secondary N) is 1. The maximum absolute atomic E-state index is 12.7. The number of nitrogens with zero attached hydrogens (tertiary/aromatic N) is 3. The first-order valence-electron chi connectivity index (χ1n) is 9.07. The summed E-state index contributed by atoms with van der Waals surface area (Å²) in [7, 11) is 1.56. The molecule has 0 unspecified atom stereocenters. The average molecular weight is 439 g/mol. The number of methoxy groups -OCH3 is 1. The number of hydrogen-bond donors (Lipinski definition) is 1. The third-order valence-electron chi connectivity index (χ3n) is 4.24. The minimum atomic E-state index is -0.222. The van der Waals surface area contributed by atoms with Crippen LogP contribution >= 0.6 is 23.1 Å². The van der Waals surface area contributed by atoms with E-state index < -0.39 is 0 Å². The smallest absolute Gasteiger partial charge is 0.275 e. The van der Waals surface area contributed by atoms with Gasteiger partial charge in [-0.2, -0.15) is 9.61 Å². The first-order chi connectivity index (χ1) is 14.5. The summed E-state index contributed by atoms with van der Waals surface area (Å²) in [6.07, 6.45) is 0. The van der Waals surface area contributed by atoms with Crippen LogP contribution in [0.4, 0.5) is 5.69 Å². The SMILES string of the molecule is COc1cccc(C(=O)Nc2ccccc2SCc2cc(=O)n3nc(C)sc3n2)c1. The van der Waals surface area contributed by atoms with Crippen LogP contribution in [-0.4, -0.2) is 27.6 Å². The molecule has 4 rings (SSSR count). The second kappa shape index (κ2) is 8.68. The van der Waals surface area contributed by atoms with Gasteiger partial charge in [0.15, 0.2) is 0 Å². The predicted molar refractivity (Wildman–Crippen MR) is 119 cm³/mol. The zero-order chi connectivity index (χ0) is 21.1. The molecule has 9 heteroatoms. The predicted octanol–water partition coefficient (Wildman–Crippen LogP) is 4.01. The number of carbonyl (C=O) groups is 1. The highest BCUT2D eigenvalue weighted by Crippen LogP contribution is 2.30. The Bertz CT molecular complexity index is 1280. The summed E-state index contributed by atoms with van der Waals surface area (Å²) in [6, 6.07) is 16.0. The van der Waals surface area contributed by atoms with Crippen molar-refractivity contribution in [3.63, 3.8) is 0 Å². The molecule has 0 aliphatic rings. The lowest BCUT2D eigenvalue weighted by atomic mass is 10.2. The fourth-order valence-corrected chi connectivity index (χ4v) is 4.50. The molecule has 30 heavy (non-hydrogen) atoms. The Morgan fingerprint density at radius 2 is 2.03 bits per heavy atom. The zero-order valence-corrected chi connectivity index (χ0v) is 17.9. The molecule has 4 aromatic rings. The number of thioether (sulfide) groups is 1. The van der Waals surface area contributed by atoms with E-state index in [1.807, 2.05) is 31.2 Å². The fourth-order valence-electron chi connectivity index (χ4n) is 2.83. The maximum Gasteiger partial charge on any atom is 0.275 e. The number of anilines is 1. The summed E-state index contributed by atoms with van der Waals surface area (Å²) in [4.78, 5) is 30.9. The number of para-hydroxylation sites is 1. The molecule has 2 heterocycles. The highest BCUT2D eigenvalue weighted by Gasteiger charge is 2.12. The van der Waals surface area contributed by atoms with Crippen molar-refractivity contribution in [3.8, 4) is 5.75 Å². The average Bonchev–Trinajstić information content (AvgIpc) is 3.14. The third-order valence-corrected chi connectivity index (χ3v) is 6.17. The standard InChI is InChI=1S/C21H18N4O3S2/c1-13-24-25-19(26)11-15(22-21(25)30-13)12-29-18-9-4-3-8-17(18)23-20(27)14-6-5-7-16(10-14)28-2/h3-11H,12H2,1-2H3,(H,23,27). The van der Waals surface area contributed by atoms with Crippen molar-refractivity contribution in [2.24, 2.45) is 0 Å². The van der Waals surface area contributed by atoms with E-state index in [0.29, 0.717) is 33.4 Å². The van der Waals surface area contributed by atoms with Crippen LogP contribution in [0.2, 0.25) is 0 Å². The molecule has 0 spiro atoms. The molecule has 2 aromatic heterocycles. The van der Waals surface area contributed by atoms with Crippen molar-refractivity contribution in [2.75, 3.05) is 12.4 Å². The molecule has 0 atom stereocenters. The van der Waals surface area contributed by atoms with Crippen LogP contribution in [-0.2, 0) is 5.75 Å². The molecule has 7 nitrogen and oxygen atoms in total. The number of hydrogen-bond acceptors (Lipinski definition) is 7. The van der Waals surface area contributed by atoms with Gasteiger partial charge in [0.2, 0.25) is 4.96 Å². The highest BCUT2D eigenvalue weighted by molar-refractivity contribution is 7.98. The second-order valence-corrected chi connectivity index (χ2v) is 8.55. The van der Waals surface area contributed by atoms with E-state index in [1.54, 1.807) is 31.4 Å². The van der Waals surface area contributed by atoms with Crippen LogP contribution in [0.3, 0.4) is 0 Å². The summed E-state index contributed by atoms with van der Waals surface area (Å²) in [5, 5.41) is 7.89. The van der Waals surface area contributed by atoms with Crippen LogP contribution < -0.4 is 15.6 Å². The molecule has 0 fully saturated rings. The van der Waals surface area contributed by atoms with Gasteiger partial charge in [-0.1, -0.05) is 29.5 Å². The lowest BCUT2D eigenvalue weighted by Crippen LogP contribution is -2.15. The van der Waals surface area contributed by atoms with Gasteiger partial charge >= 0.3 is 0 Å². The van der Waals surface area contributed by atoms with Gasteiger partial charge in [0.1, 0.15) is 10.8 Å². The molecule has 0 aliphatic carbocycles. The Kier molecular flexibility index (Phi) is 5.82. The molecule has 0 saturated carbocycles. The molecule has 0 aliphatic heterocycles. The lowest BCUT2D eigenvalue weighted by Gasteiger charge is -2.11. The van der Waals surface area contributed by atoms with Crippen LogP contribution in [0.1, 0.15) is 21.1 Å². The van der Waals surface area contributed by atoms with E-state index in [4.69, 9.17) is 4.74 Å². The van der Waals surface area contributed by atoms with Crippen molar-refractivity contribution in [1.82, 2.24) is 14.6 Å². The molecular weight excluding hydrogens is 420 g/mol. The highest BCUT2D eigenvalue weighted by atomic mass is 32.2. The second-order valence-electron chi connectivity index (χ2n) is 6.37. The van der Waals surface area contributed by atoms with Gasteiger partial charge in [-0.25, -0.2) is 4.98 Å². The van der Waals surface area contributed by atoms with Crippen LogP contribution in [0.5, 0.6) is 5.75 Å². The molecule has 0 bridgehead atoms. The summed E-state index contributed by atoms with van der Waals surface area (Å²) in [5.74, 6) is 0.894. The van der Waals surface area contributed by atoms with Gasteiger partial charge in [0.25, 0.3) is 11.5 Å². The molecule has 1 amide bonds. The van der Waals surface area contributed by atoms with Gasteiger partial charge < -0.3 is 10.1 Å². The number of carbonyl (C=O) groups excluding carboxylic acids is 1. The number of aromatic nitrogens is 3. The summed E-state index contributed by atoms with van der Waals surface area (Å²) >= 11 is 2.88. The lowest BCUT2D eigenvalue weighted by molar-refractivity contribution is 0.102. The first kappa shape index (κ1) is 20.1. The van der Waals surface area contributed by atoms with E-state index in [2.05, 4.69) is 15.4 Å². The quantitative estimate of drug-likeness (QED) is 0.458. The van der Waals surface area contributed by atoms with E-state index in [-0.39, 0.29) is 11.5 Å². The van der Waals surface area contributed by atoms with Gasteiger partial charge in [-0.3, -0.25) is 9.59 Å². The van der Waals surface area contributed by atoms with Gasteiger partial charge in [0, 0.05) is 22.3 Å². The number of aryl methyl sites for hydroxylation is 1. The van der Waals surface area contributed by atoms with Gasteiger partial charge in [-0.15, -0.1) is 11.8 Å². The Balaban J connectivity index is 1.52. The van der Waals surface area contributed by atoms with Crippen molar-refractivity contribution < 1.29 is 9.53 Å². The third kappa shape index (κ3) is 4.37. The van der Waals surface area contributed by atoms with Crippen molar-refractivity contribution in [1.29, 1.82) is 0 Å². The molecule has 0 saturated heterocycles. The number of amides is 1. The maximum atomic E-state index is 12.7. The molecule has 2 aromatic carbocycles. The van der Waals surface area contributed by atoms with Crippen LogP contribution in [0.15, 0.2) is 64.3 Å². The number of benzene rings is 2. The fraction of sp³-hybridized carbons (Fsp3) is 0.143. The Labute approximate surface area is 180 Å². The number of fused-ring (bicyclic) bond motifs is 1. The van der Waals surface area contributed by atoms with Crippen LogP contribution in [0.25, 0.3) is 4.96 Å². The van der Waals surface area contributed by atoms with Crippen LogP contribution in [0, 0.1) is 6.92 Å². The summed E-state index contributed by atoms with van der Waals surface area (Å²) in [6.45, 7) is 1.84. The monoisotopic (exact) mass is 438 g/mol. The minimum absolute atomic E-state index is 0.195. The van der Waals surface area contributed by atoms with E-state index >= 15 is 0 Å². The minimum Gasteiger partial charge on any atom is -0.497 e. The molecular formula is C21H18N4O3S2. The largest absolute Gasteiger partial charge is 0.497 e.